The van der Waals surface area contributed by atoms with Gasteiger partial charge in [-0.05, 0) is 25.0 Å². The summed E-state index contributed by atoms with van der Waals surface area (Å²) in [5, 5.41) is 0. The molecule has 1 atom stereocenters. The number of rotatable bonds is 3. The van der Waals surface area contributed by atoms with Gasteiger partial charge in [0.05, 0.1) is 17.5 Å². The third-order valence-electron chi connectivity index (χ3n) is 4.74. The van der Waals surface area contributed by atoms with Crippen molar-refractivity contribution in [2.24, 2.45) is 7.05 Å². The second-order valence-corrected chi connectivity index (χ2v) is 6.52. The van der Waals surface area contributed by atoms with E-state index < -0.39 is 0 Å². The molecular weight excluding hydrogens is 328 g/mol. The number of likely N-dealkylation sites (tertiary alicyclic amines) is 1. The van der Waals surface area contributed by atoms with Gasteiger partial charge in [0.2, 0.25) is 0 Å². The molecule has 7 nitrogen and oxygen atoms in total. The fourth-order valence-corrected chi connectivity index (χ4v) is 3.37. The molecule has 1 aliphatic heterocycles. The summed E-state index contributed by atoms with van der Waals surface area (Å²) in [4.78, 5) is 32.1. The van der Waals surface area contributed by atoms with Gasteiger partial charge < -0.3 is 9.47 Å². The van der Waals surface area contributed by atoms with Gasteiger partial charge in [-0.3, -0.25) is 14.8 Å². The largest absolute Gasteiger partial charge is 0.338 e. The van der Waals surface area contributed by atoms with E-state index in [1.54, 1.807) is 43.1 Å². The fourth-order valence-electron chi connectivity index (χ4n) is 3.37. The topological polar surface area (TPSA) is 76.8 Å². The summed E-state index contributed by atoms with van der Waals surface area (Å²) in [6, 6.07) is 3.59. The Labute approximate surface area is 151 Å². The van der Waals surface area contributed by atoms with E-state index in [1.165, 1.54) is 0 Å². The highest BCUT2D eigenvalue weighted by Crippen LogP contribution is 2.27. The highest BCUT2D eigenvalue weighted by atomic mass is 16.2. The van der Waals surface area contributed by atoms with Crippen LogP contribution in [0, 0.1) is 0 Å². The van der Waals surface area contributed by atoms with Crippen LogP contribution in [0.15, 0.2) is 49.3 Å². The van der Waals surface area contributed by atoms with Gasteiger partial charge in [-0.25, -0.2) is 9.97 Å². The number of piperidine rings is 1. The Morgan fingerprint density at radius 3 is 2.88 bits per heavy atom. The molecule has 4 heterocycles. The molecule has 0 N–H and O–H groups in total. The Kier molecular flexibility index (Phi) is 4.43. The highest BCUT2D eigenvalue weighted by Gasteiger charge is 2.27. The predicted molar refractivity (Wildman–Crippen MR) is 96.3 cm³/mol. The number of pyridine rings is 1. The zero-order valence-corrected chi connectivity index (χ0v) is 14.6. The number of carbonyl (C=O) groups excluding carboxylic acids is 1. The van der Waals surface area contributed by atoms with Crippen molar-refractivity contribution in [1.29, 1.82) is 0 Å². The Hall–Kier alpha value is -3.09. The van der Waals surface area contributed by atoms with Crippen LogP contribution in [0.2, 0.25) is 0 Å². The fraction of sp³-hybridized carbons (Fsp3) is 0.316. The van der Waals surface area contributed by atoms with E-state index in [-0.39, 0.29) is 11.8 Å². The van der Waals surface area contributed by atoms with Crippen molar-refractivity contribution in [3.63, 3.8) is 0 Å². The minimum Gasteiger partial charge on any atom is -0.338 e. The van der Waals surface area contributed by atoms with Crippen molar-refractivity contribution in [2.45, 2.75) is 18.8 Å². The van der Waals surface area contributed by atoms with E-state index in [2.05, 4.69) is 15.0 Å². The Balaban J connectivity index is 1.55. The number of amides is 1. The van der Waals surface area contributed by atoms with E-state index >= 15 is 0 Å². The number of carbonyl (C=O) groups is 1. The molecule has 3 aromatic heterocycles. The molecule has 0 saturated carbocycles. The van der Waals surface area contributed by atoms with E-state index in [4.69, 9.17) is 4.98 Å². The third kappa shape index (κ3) is 3.20. The maximum Gasteiger partial charge on any atom is 0.255 e. The summed E-state index contributed by atoms with van der Waals surface area (Å²) in [6.45, 7) is 1.41. The van der Waals surface area contributed by atoms with Crippen LogP contribution in [0.5, 0.6) is 0 Å². The Morgan fingerprint density at radius 2 is 2.12 bits per heavy atom. The van der Waals surface area contributed by atoms with Crippen molar-refractivity contribution in [2.75, 3.05) is 13.1 Å². The zero-order valence-electron chi connectivity index (χ0n) is 14.6. The molecule has 0 spiro atoms. The second-order valence-electron chi connectivity index (χ2n) is 6.52. The molecule has 1 aliphatic rings. The first-order valence-corrected chi connectivity index (χ1v) is 8.71. The molecule has 1 fully saturated rings. The predicted octanol–water partition coefficient (Wildman–Crippen LogP) is 2.29. The lowest BCUT2D eigenvalue weighted by atomic mass is 9.94. The van der Waals surface area contributed by atoms with Crippen LogP contribution in [-0.4, -0.2) is 48.4 Å². The Bertz CT molecular complexity index is 907. The molecule has 0 aromatic carbocycles. The number of hydrogen-bond acceptors (Lipinski definition) is 5. The van der Waals surface area contributed by atoms with Crippen LogP contribution in [0.3, 0.4) is 0 Å². The zero-order chi connectivity index (χ0) is 17.9. The number of aryl methyl sites for hydroxylation is 1. The SMILES string of the molecule is Cn1ccnc1-c1cncc(C2CCCN(C(=O)c3cccnc3)C2)n1. The van der Waals surface area contributed by atoms with Crippen molar-refractivity contribution in [1.82, 2.24) is 29.4 Å². The number of nitrogens with zero attached hydrogens (tertiary/aromatic N) is 6. The molecule has 4 rings (SSSR count). The lowest BCUT2D eigenvalue weighted by Crippen LogP contribution is -2.39. The maximum absolute atomic E-state index is 12.7. The molecule has 132 valence electrons. The first-order chi connectivity index (χ1) is 12.7. The smallest absolute Gasteiger partial charge is 0.255 e. The van der Waals surface area contributed by atoms with Crippen molar-refractivity contribution in [3.05, 3.63) is 60.6 Å². The van der Waals surface area contributed by atoms with Crippen LogP contribution in [-0.2, 0) is 7.05 Å². The quantitative estimate of drug-likeness (QED) is 0.726. The van der Waals surface area contributed by atoms with Gasteiger partial charge in [-0.15, -0.1) is 0 Å². The lowest BCUT2D eigenvalue weighted by Gasteiger charge is -2.32. The summed E-state index contributed by atoms with van der Waals surface area (Å²) in [5.74, 6) is 0.992. The van der Waals surface area contributed by atoms with Crippen LogP contribution in [0.25, 0.3) is 11.5 Å². The first kappa shape index (κ1) is 16.4. The number of hydrogen-bond donors (Lipinski definition) is 0. The van der Waals surface area contributed by atoms with Gasteiger partial charge in [-0.1, -0.05) is 0 Å². The molecular formula is C19H20N6O. The summed E-state index contributed by atoms with van der Waals surface area (Å²) in [7, 11) is 1.94. The lowest BCUT2D eigenvalue weighted by molar-refractivity contribution is 0.0705. The van der Waals surface area contributed by atoms with Gasteiger partial charge >= 0.3 is 0 Å². The minimum atomic E-state index is 0.0241. The number of aromatic nitrogens is 5. The third-order valence-corrected chi connectivity index (χ3v) is 4.74. The molecule has 0 bridgehead atoms. The van der Waals surface area contributed by atoms with E-state index in [0.717, 1.165) is 36.6 Å². The van der Waals surface area contributed by atoms with Gasteiger partial charge in [0.25, 0.3) is 5.91 Å². The van der Waals surface area contributed by atoms with Gasteiger partial charge in [0.15, 0.2) is 5.82 Å². The molecule has 1 unspecified atom stereocenters. The van der Waals surface area contributed by atoms with Crippen LogP contribution < -0.4 is 0 Å². The van der Waals surface area contributed by atoms with Crippen molar-refractivity contribution >= 4 is 5.91 Å². The van der Waals surface area contributed by atoms with Gasteiger partial charge in [-0.2, -0.15) is 0 Å². The average Bonchev–Trinajstić information content (AvgIpc) is 3.14. The summed E-state index contributed by atoms with van der Waals surface area (Å²) in [6.07, 6.45) is 12.4. The molecule has 26 heavy (non-hydrogen) atoms. The second kappa shape index (κ2) is 7.03. The summed E-state index contributed by atoms with van der Waals surface area (Å²) >= 11 is 0. The number of imidazole rings is 1. The maximum atomic E-state index is 12.7. The van der Waals surface area contributed by atoms with Crippen molar-refractivity contribution < 1.29 is 4.79 Å². The first-order valence-electron chi connectivity index (χ1n) is 8.71. The summed E-state index contributed by atoms with van der Waals surface area (Å²) < 4.78 is 1.92. The van der Waals surface area contributed by atoms with Gasteiger partial charge in [0.1, 0.15) is 5.69 Å². The minimum absolute atomic E-state index is 0.0241. The molecule has 7 heteroatoms. The molecule has 0 aliphatic carbocycles. The van der Waals surface area contributed by atoms with E-state index in [9.17, 15) is 4.79 Å². The molecule has 1 amide bonds. The monoisotopic (exact) mass is 348 g/mol. The average molecular weight is 348 g/mol. The van der Waals surface area contributed by atoms with E-state index in [0.29, 0.717) is 12.1 Å². The Morgan fingerprint density at radius 1 is 1.19 bits per heavy atom. The molecule has 0 radical (unpaired) electrons. The van der Waals surface area contributed by atoms with Crippen LogP contribution in [0.4, 0.5) is 0 Å². The van der Waals surface area contributed by atoms with Crippen LogP contribution >= 0.6 is 0 Å². The highest BCUT2D eigenvalue weighted by molar-refractivity contribution is 5.94. The van der Waals surface area contributed by atoms with Crippen molar-refractivity contribution in [3.8, 4) is 11.5 Å². The standard InChI is InChI=1S/C19H20N6O/c1-24-9-7-22-18(24)17-12-21-11-16(23-17)15-5-3-8-25(13-15)19(26)14-4-2-6-20-10-14/h2,4,6-7,9-12,15H,3,5,8,13H2,1H3. The molecule has 3 aromatic rings. The van der Waals surface area contributed by atoms with E-state index in [1.807, 2.05) is 22.7 Å². The normalized spacial score (nSPS) is 17.3. The van der Waals surface area contributed by atoms with Gasteiger partial charge in [0, 0.05) is 57.0 Å². The van der Waals surface area contributed by atoms with Crippen LogP contribution in [0.1, 0.15) is 34.8 Å². The molecule has 1 saturated heterocycles. The summed E-state index contributed by atoms with van der Waals surface area (Å²) in [5.41, 5.74) is 2.29.